The number of carbonyl (C=O) groups is 3. The van der Waals surface area contributed by atoms with Crippen molar-refractivity contribution in [3.63, 3.8) is 0 Å². The fourth-order valence-electron chi connectivity index (χ4n) is 4.57. The van der Waals surface area contributed by atoms with E-state index in [1.807, 2.05) is 6.07 Å². The van der Waals surface area contributed by atoms with Crippen LogP contribution in [0.2, 0.25) is 0 Å². The van der Waals surface area contributed by atoms with E-state index >= 15 is 0 Å². The van der Waals surface area contributed by atoms with Gasteiger partial charge >= 0.3 is 6.18 Å². The number of imide groups is 1. The Hall–Kier alpha value is -3.67. The van der Waals surface area contributed by atoms with Gasteiger partial charge in [-0.2, -0.15) is 18.4 Å². The molecule has 1 aliphatic carbocycles. The lowest BCUT2D eigenvalue weighted by molar-refractivity contribution is -0.141. The van der Waals surface area contributed by atoms with Crippen molar-refractivity contribution >= 4 is 17.7 Å². The number of rotatable bonds is 5. The summed E-state index contributed by atoms with van der Waals surface area (Å²) >= 11 is 0. The van der Waals surface area contributed by atoms with Crippen LogP contribution in [0.15, 0.2) is 42.5 Å². The zero-order valence-electron chi connectivity index (χ0n) is 18.3. The molecule has 2 aromatic carbocycles. The van der Waals surface area contributed by atoms with Crippen molar-refractivity contribution in [3.05, 3.63) is 70.3 Å². The molecule has 9 heteroatoms. The number of hydrogen-bond acceptors (Lipinski definition) is 4. The van der Waals surface area contributed by atoms with Crippen LogP contribution in [0, 0.1) is 11.3 Å². The van der Waals surface area contributed by atoms with Gasteiger partial charge in [0.05, 0.1) is 22.8 Å². The van der Waals surface area contributed by atoms with Crippen molar-refractivity contribution in [2.75, 3.05) is 6.54 Å². The van der Waals surface area contributed by atoms with Crippen LogP contribution in [0.4, 0.5) is 13.2 Å². The summed E-state index contributed by atoms with van der Waals surface area (Å²) < 4.78 is 39.8. The van der Waals surface area contributed by atoms with Crippen molar-refractivity contribution < 1.29 is 27.6 Å². The molecule has 1 saturated carbocycles. The maximum absolute atomic E-state index is 13.3. The van der Waals surface area contributed by atoms with Gasteiger partial charge in [-0.15, -0.1) is 0 Å². The van der Waals surface area contributed by atoms with Crippen molar-refractivity contribution in [3.8, 4) is 6.07 Å². The Morgan fingerprint density at radius 3 is 2.26 bits per heavy atom. The molecule has 0 spiro atoms. The van der Waals surface area contributed by atoms with Crippen LogP contribution in [-0.2, 0) is 6.54 Å². The van der Waals surface area contributed by atoms with E-state index in [1.54, 1.807) is 0 Å². The molecule has 0 N–H and O–H groups in total. The highest BCUT2D eigenvalue weighted by atomic mass is 19.4. The van der Waals surface area contributed by atoms with E-state index in [1.165, 1.54) is 47.4 Å². The zero-order valence-corrected chi connectivity index (χ0v) is 18.3. The van der Waals surface area contributed by atoms with Crippen LogP contribution >= 0.6 is 0 Å². The molecule has 0 radical (unpaired) electrons. The fourth-order valence-corrected chi connectivity index (χ4v) is 4.57. The molecule has 34 heavy (non-hydrogen) atoms. The maximum atomic E-state index is 13.3. The molecule has 0 atom stereocenters. The lowest BCUT2D eigenvalue weighted by atomic mass is 9.94. The second kappa shape index (κ2) is 9.29. The van der Waals surface area contributed by atoms with Gasteiger partial charge in [0, 0.05) is 18.2 Å². The second-order valence-electron chi connectivity index (χ2n) is 8.62. The number of nitrogens with zero attached hydrogens (tertiary/aromatic N) is 3. The van der Waals surface area contributed by atoms with Crippen LogP contribution in [0.25, 0.3) is 0 Å². The smallest absolute Gasteiger partial charge is 0.325 e. The van der Waals surface area contributed by atoms with Crippen LogP contribution in [0.5, 0.6) is 0 Å². The predicted molar refractivity (Wildman–Crippen MR) is 116 cm³/mol. The first kappa shape index (κ1) is 23.5. The number of fused-ring (bicyclic) bond motifs is 1. The number of nitriles is 1. The number of benzene rings is 2. The summed E-state index contributed by atoms with van der Waals surface area (Å²) in [5, 5.41) is 8.90. The predicted octanol–water partition coefficient (Wildman–Crippen LogP) is 4.69. The molecule has 0 aromatic heterocycles. The van der Waals surface area contributed by atoms with E-state index in [2.05, 4.69) is 0 Å². The van der Waals surface area contributed by atoms with Crippen molar-refractivity contribution in [2.24, 2.45) is 0 Å². The topological polar surface area (TPSA) is 81.5 Å². The largest absolute Gasteiger partial charge is 0.406 e. The highest BCUT2D eigenvalue weighted by Gasteiger charge is 2.41. The molecule has 0 saturated heterocycles. The minimum absolute atomic E-state index is 0.0479. The normalized spacial score (nSPS) is 16.4. The maximum Gasteiger partial charge on any atom is 0.406 e. The minimum atomic E-state index is -4.64. The van der Waals surface area contributed by atoms with Gasteiger partial charge in [-0.25, -0.2) is 0 Å². The third-order valence-corrected chi connectivity index (χ3v) is 6.22. The Morgan fingerprint density at radius 2 is 1.65 bits per heavy atom. The Kier molecular flexibility index (Phi) is 6.42. The van der Waals surface area contributed by atoms with Crippen LogP contribution in [-0.4, -0.2) is 46.3 Å². The monoisotopic (exact) mass is 469 g/mol. The Balaban J connectivity index is 1.60. The van der Waals surface area contributed by atoms with Crippen molar-refractivity contribution in [2.45, 2.75) is 50.9 Å². The second-order valence-corrected chi connectivity index (χ2v) is 8.62. The molecule has 1 heterocycles. The highest BCUT2D eigenvalue weighted by Crippen LogP contribution is 2.32. The summed E-state index contributed by atoms with van der Waals surface area (Å²) in [7, 11) is 0. The Bertz CT molecular complexity index is 1160. The van der Waals surface area contributed by atoms with Crippen LogP contribution in [0.1, 0.15) is 74.3 Å². The van der Waals surface area contributed by atoms with Gasteiger partial charge in [-0.1, -0.05) is 31.4 Å². The molecule has 0 unspecified atom stereocenters. The molecular weight excluding hydrogens is 447 g/mol. The van der Waals surface area contributed by atoms with E-state index in [0.29, 0.717) is 16.0 Å². The first-order valence-corrected chi connectivity index (χ1v) is 11.0. The molecule has 4 rings (SSSR count). The average molecular weight is 469 g/mol. The van der Waals surface area contributed by atoms with E-state index in [-0.39, 0.29) is 29.3 Å². The molecule has 2 aliphatic rings. The molecule has 2 aromatic rings. The van der Waals surface area contributed by atoms with Gasteiger partial charge in [-0.05, 0) is 48.7 Å². The third-order valence-electron chi connectivity index (χ3n) is 6.22. The Labute approximate surface area is 194 Å². The van der Waals surface area contributed by atoms with Crippen molar-refractivity contribution in [1.29, 1.82) is 5.26 Å². The standard InChI is InChI=1S/C25H22F3N3O3/c26-25(27,28)15-30(14-17-8-6-16(13-29)7-9-17)22(32)18-10-11-20-21(12-18)24(34)31(23(20)33)19-4-2-1-3-5-19/h6-12,19H,1-5,14-15H2. The summed E-state index contributed by atoms with van der Waals surface area (Å²) in [4.78, 5) is 40.8. The SMILES string of the molecule is N#Cc1ccc(CN(CC(F)(F)F)C(=O)c2ccc3c(c2)C(=O)N(C2CCCCC2)C3=O)cc1. The number of alkyl halides is 3. The third kappa shape index (κ3) is 4.81. The first-order valence-electron chi connectivity index (χ1n) is 11.0. The summed E-state index contributed by atoms with van der Waals surface area (Å²) in [5.74, 6) is -1.83. The van der Waals surface area contributed by atoms with E-state index in [0.717, 1.165) is 32.1 Å². The number of hydrogen-bond donors (Lipinski definition) is 0. The summed E-state index contributed by atoms with van der Waals surface area (Å²) in [6.07, 6.45) is -0.301. The van der Waals surface area contributed by atoms with E-state index in [4.69, 9.17) is 5.26 Å². The molecule has 1 aliphatic heterocycles. The van der Waals surface area contributed by atoms with Gasteiger partial charge in [0.15, 0.2) is 0 Å². The molecule has 1 fully saturated rings. The molecular formula is C25H22F3N3O3. The fraction of sp³-hybridized carbons (Fsp3) is 0.360. The van der Waals surface area contributed by atoms with E-state index in [9.17, 15) is 27.6 Å². The summed E-state index contributed by atoms with van der Waals surface area (Å²) in [6, 6.07) is 11.5. The number of halogens is 3. The minimum Gasteiger partial charge on any atom is -0.325 e. The molecule has 0 bridgehead atoms. The van der Waals surface area contributed by atoms with Gasteiger partial charge in [-0.3, -0.25) is 19.3 Å². The molecule has 3 amide bonds. The average Bonchev–Trinajstić information content (AvgIpc) is 3.07. The molecule has 6 nitrogen and oxygen atoms in total. The highest BCUT2D eigenvalue weighted by molar-refractivity contribution is 6.22. The van der Waals surface area contributed by atoms with Gasteiger partial charge < -0.3 is 4.90 Å². The number of amides is 3. The van der Waals surface area contributed by atoms with E-state index < -0.39 is 30.4 Å². The Morgan fingerprint density at radius 1 is 1.00 bits per heavy atom. The van der Waals surface area contributed by atoms with Crippen LogP contribution < -0.4 is 0 Å². The van der Waals surface area contributed by atoms with Gasteiger partial charge in [0.1, 0.15) is 6.54 Å². The summed E-state index contributed by atoms with van der Waals surface area (Å²) in [6.45, 7) is -1.81. The van der Waals surface area contributed by atoms with Crippen molar-refractivity contribution in [1.82, 2.24) is 9.80 Å². The van der Waals surface area contributed by atoms with Gasteiger partial charge in [0.2, 0.25) is 0 Å². The quantitative estimate of drug-likeness (QED) is 0.595. The van der Waals surface area contributed by atoms with Gasteiger partial charge in [0.25, 0.3) is 17.7 Å². The number of carbonyl (C=O) groups excluding carboxylic acids is 3. The lowest BCUT2D eigenvalue weighted by Gasteiger charge is -2.29. The summed E-state index contributed by atoms with van der Waals surface area (Å²) in [5.41, 5.74) is 0.894. The first-order chi connectivity index (χ1) is 16.2. The van der Waals surface area contributed by atoms with Crippen LogP contribution in [0.3, 0.4) is 0 Å². The lowest BCUT2D eigenvalue weighted by Crippen LogP contribution is -2.40. The zero-order chi connectivity index (χ0) is 24.5. The molecule has 176 valence electrons.